The van der Waals surface area contributed by atoms with Crippen molar-refractivity contribution in [2.75, 3.05) is 7.11 Å². The van der Waals surface area contributed by atoms with E-state index in [9.17, 15) is 9.59 Å². The molecule has 2 aromatic carbocycles. The van der Waals surface area contributed by atoms with E-state index in [4.69, 9.17) is 13.9 Å². The van der Waals surface area contributed by atoms with Crippen LogP contribution in [0.25, 0.3) is 11.0 Å². The van der Waals surface area contributed by atoms with Gasteiger partial charge in [0, 0.05) is 6.42 Å². The lowest BCUT2D eigenvalue weighted by molar-refractivity contribution is -0.142. The van der Waals surface area contributed by atoms with Gasteiger partial charge in [0.1, 0.15) is 16.7 Å². The number of carbonyl (C=O) groups excluding carboxylic acids is 1. The third kappa shape index (κ3) is 3.87. The minimum absolute atomic E-state index is 0.197. The maximum absolute atomic E-state index is 12.7. The van der Waals surface area contributed by atoms with Crippen molar-refractivity contribution >= 4 is 16.9 Å². The summed E-state index contributed by atoms with van der Waals surface area (Å²) < 4.78 is 16.7. The monoisotopic (exact) mass is 366 g/mol. The SMILES string of the molecule is COc1cccc2oc(=O)c(Cc3ccccc3)c(OC(=O)C(C)(C)C)c12. The van der Waals surface area contributed by atoms with E-state index in [1.807, 2.05) is 30.3 Å². The molecule has 0 atom stereocenters. The Balaban J connectivity index is 2.26. The number of carbonyl (C=O) groups is 1. The molecule has 0 bridgehead atoms. The molecule has 0 saturated heterocycles. The maximum atomic E-state index is 12.7. The van der Waals surface area contributed by atoms with Gasteiger partial charge < -0.3 is 13.9 Å². The highest BCUT2D eigenvalue weighted by molar-refractivity contribution is 5.93. The van der Waals surface area contributed by atoms with Crippen LogP contribution in [0.2, 0.25) is 0 Å². The quantitative estimate of drug-likeness (QED) is 0.507. The largest absolute Gasteiger partial charge is 0.496 e. The van der Waals surface area contributed by atoms with Crippen molar-refractivity contribution in [1.29, 1.82) is 0 Å². The molecule has 0 fully saturated rings. The Morgan fingerprint density at radius 3 is 2.37 bits per heavy atom. The number of rotatable bonds is 4. The molecule has 0 spiro atoms. The fourth-order valence-corrected chi connectivity index (χ4v) is 2.71. The van der Waals surface area contributed by atoms with Crippen molar-refractivity contribution < 1.29 is 18.7 Å². The van der Waals surface area contributed by atoms with E-state index in [2.05, 4.69) is 0 Å². The number of benzene rings is 2. The van der Waals surface area contributed by atoms with Gasteiger partial charge in [0.15, 0.2) is 5.75 Å². The first kappa shape index (κ1) is 18.7. The van der Waals surface area contributed by atoms with Gasteiger partial charge in [0.2, 0.25) is 0 Å². The second-order valence-corrected chi connectivity index (χ2v) is 7.33. The molecule has 0 radical (unpaired) electrons. The summed E-state index contributed by atoms with van der Waals surface area (Å²) in [5.74, 6) is 0.236. The molecule has 3 aromatic rings. The van der Waals surface area contributed by atoms with Gasteiger partial charge in [-0.3, -0.25) is 4.79 Å². The lowest BCUT2D eigenvalue weighted by Crippen LogP contribution is -2.27. The van der Waals surface area contributed by atoms with Crippen LogP contribution in [-0.2, 0) is 11.2 Å². The van der Waals surface area contributed by atoms with E-state index < -0.39 is 17.0 Å². The van der Waals surface area contributed by atoms with E-state index in [1.165, 1.54) is 7.11 Å². The summed E-state index contributed by atoms with van der Waals surface area (Å²) in [5.41, 5.74) is 0.251. The van der Waals surface area contributed by atoms with E-state index in [-0.39, 0.29) is 17.7 Å². The molecule has 0 aliphatic heterocycles. The highest BCUT2D eigenvalue weighted by atomic mass is 16.5. The summed E-state index contributed by atoms with van der Waals surface area (Å²) in [4.78, 5) is 25.3. The van der Waals surface area contributed by atoms with E-state index in [0.29, 0.717) is 16.7 Å². The Morgan fingerprint density at radius 1 is 1.04 bits per heavy atom. The van der Waals surface area contributed by atoms with Crippen LogP contribution in [-0.4, -0.2) is 13.1 Å². The van der Waals surface area contributed by atoms with Gasteiger partial charge in [-0.1, -0.05) is 36.4 Å². The zero-order valence-electron chi connectivity index (χ0n) is 15.9. The third-order valence-electron chi connectivity index (χ3n) is 4.19. The standard InChI is InChI=1S/C22H22O5/c1-22(2,3)21(24)27-19-15(13-14-9-6-5-7-10-14)20(23)26-17-12-8-11-16(25-4)18(17)19/h5-12H,13H2,1-4H3. The lowest BCUT2D eigenvalue weighted by Gasteiger charge is -2.19. The number of methoxy groups -OCH3 is 1. The highest BCUT2D eigenvalue weighted by Gasteiger charge is 2.28. The van der Waals surface area contributed by atoms with Gasteiger partial charge in [0.05, 0.1) is 18.1 Å². The second-order valence-electron chi connectivity index (χ2n) is 7.33. The van der Waals surface area contributed by atoms with Crippen molar-refractivity contribution in [3.63, 3.8) is 0 Å². The van der Waals surface area contributed by atoms with Crippen LogP contribution in [0.3, 0.4) is 0 Å². The summed E-state index contributed by atoms with van der Waals surface area (Å²) in [7, 11) is 1.52. The molecule has 27 heavy (non-hydrogen) atoms. The fourth-order valence-electron chi connectivity index (χ4n) is 2.71. The molecule has 3 rings (SSSR count). The lowest BCUT2D eigenvalue weighted by atomic mass is 9.97. The van der Waals surface area contributed by atoms with Crippen molar-refractivity contribution in [1.82, 2.24) is 0 Å². The Bertz CT molecular complexity index is 1030. The predicted octanol–water partition coefficient (Wildman–Crippen LogP) is 4.34. The Kier molecular flexibility index (Phi) is 5.04. The molecule has 0 saturated carbocycles. The molecule has 0 amide bonds. The van der Waals surface area contributed by atoms with Gasteiger partial charge in [0.25, 0.3) is 0 Å². The van der Waals surface area contributed by atoms with E-state index in [0.717, 1.165) is 5.56 Å². The van der Waals surface area contributed by atoms with E-state index >= 15 is 0 Å². The van der Waals surface area contributed by atoms with Gasteiger partial charge in [-0.2, -0.15) is 0 Å². The molecule has 5 heteroatoms. The smallest absolute Gasteiger partial charge is 0.343 e. The van der Waals surface area contributed by atoms with Crippen molar-refractivity contribution in [2.24, 2.45) is 5.41 Å². The van der Waals surface area contributed by atoms with Crippen LogP contribution in [0.1, 0.15) is 31.9 Å². The maximum Gasteiger partial charge on any atom is 0.343 e. The van der Waals surface area contributed by atoms with Crippen LogP contribution in [0.5, 0.6) is 11.5 Å². The number of ether oxygens (including phenoxy) is 2. The Labute approximate surface area is 157 Å². The Hall–Kier alpha value is -3.08. The third-order valence-corrected chi connectivity index (χ3v) is 4.19. The van der Waals surface area contributed by atoms with Gasteiger partial charge >= 0.3 is 11.6 Å². The van der Waals surface area contributed by atoms with Crippen molar-refractivity contribution in [3.8, 4) is 11.5 Å². The van der Waals surface area contributed by atoms with Gasteiger partial charge in [-0.25, -0.2) is 4.79 Å². The van der Waals surface area contributed by atoms with E-state index in [1.54, 1.807) is 39.0 Å². The molecule has 0 aliphatic carbocycles. The number of esters is 1. The number of hydrogen-bond acceptors (Lipinski definition) is 5. The van der Waals surface area contributed by atoms with Crippen LogP contribution in [0.4, 0.5) is 0 Å². The highest BCUT2D eigenvalue weighted by Crippen LogP contribution is 2.37. The average Bonchev–Trinajstić information content (AvgIpc) is 2.63. The molecule has 0 unspecified atom stereocenters. The van der Waals surface area contributed by atoms with Crippen molar-refractivity contribution in [3.05, 3.63) is 70.1 Å². The second kappa shape index (κ2) is 7.27. The minimum atomic E-state index is -0.728. The first-order valence-corrected chi connectivity index (χ1v) is 8.70. The zero-order chi connectivity index (χ0) is 19.6. The molecular formula is C22H22O5. The average molecular weight is 366 g/mol. The van der Waals surface area contributed by atoms with Gasteiger partial charge in [-0.15, -0.1) is 0 Å². The summed E-state index contributed by atoms with van der Waals surface area (Å²) >= 11 is 0. The molecule has 0 aliphatic rings. The van der Waals surface area contributed by atoms with Crippen LogP contribution >= 0.6 is 0 Å². The first-order valence-electron chi connectivity index (χ1n) is 8.70. The summed E-state index contributed by atoms with van der Waals surface area (Å²) in [6.45, 7) is 5.28. The Morgan fingerprint density at radius 2 is 1.74 bits per heavy atom. The summed E-state index contributed by atoms with van der Waals surface area (Å²) in [5, 5.41) is 0.475. The normalized spacial score (nSPS) is 11.4. The van der Waals surface area contributed by atoms with Crippen molar-refractivity contribution in [2.45, 2.75) is 27.2 Å². The minimum Gasteiger partial charge on any atom is -0.496 e. The first-order chi connectivity index (χ1) is 12.8. The summed E-state index contributed by atoms with van der Waals surface area (Å²) in [6.07, 6.45) is 0.282. The topological polar surface area (TPSA) is 65.7 Å². The number of hydrogen-bond donors (Lipinski definition) is 0. The molecular weight excluding hydrogens is 344 g/mol. The molecule has 0 N–H and O–H groups in total. The fraction of sp³-hybridized carbons (Fsp3) is 0.273. The molecule has 140 valence electrons. The molecule has 5 nitrogen and oxygen atoms in total. The summed E-state index contributed by atoms with van der Waals surface area (Å²) in [6, 6.07) is 14.6. The molecule has 1 aromatic heterocycles. The molecule has 1 heterocycles. The van der Waals surface area contributed by atoms with Crippen LogP contribution in [0.15, 0.2) is 57.7 Å². The van der Waals surface area contributed by atoms with Crippen LogP contribution < -0.4 is 15.1 Å². The predicted molar refractivity (Wildman–Crippen MR) is 103 cm³/mol. The van der Waals surface area contributed by atoms with Crippen LogP contribution in [0, 0.1) is 5.41 Å². The zero-order valence-corrected chi connectivity index (χ0v) is 15.9. The number of fused-ring (bicyclic) bond motifs is 1. The van der Waals surface area contributed by atoms with Gasteiger partial charge in [-0.05, 0) is 38.5 Å².